The predicted octanol–water partition coefficient (Wildman–Crippen LogP) is 2.84. The van der Waals surface area contributed by atoms with Gasteiger partial charge >= 0.3 is 0 Å². The maximum atomic E-state index is 13.1. The van der Waals surface area contributed by atoms with Crippen molar-refractivity contribution in [1.82, 2.24) is 19.7 Å². The van der Waals surface area contributed by atoms with Crippen molar-refractivity contribution in [3.63, 3.8) is 0 Å². The van der Waals surface area contributed by atoms with Gasteiger partial charge in [-0.3, -0.25) is 14.5 Å². The highest BCUT2D eigenvalue weighted by molar-refractivity contribution is 5.93. The topological polar surface area (TPSA) is 71.2 Å². The van der Waals surface area contributed by atoms with Crippen molar-refractivity contribution >= 4 is 16.8 Å². The van der Waals surface area contributed by atoms with Gasteiger partial charge in [0.25, 0.3) is 5.91 Å². The molecule has 1 aliphatic heterocycles. The molecular formula is C23H28N4O2. The third-order valence-corrected chi connectivity index (χ3v) is 5.68. The van der Waals surface area contributed by atoms with Gasteiger partial charge in [-0.1, -0.05) is 32.0 Å². The number of para-hydroxylation sites is 1. The van der Waals surface area contributed by atoms with Crippen LogP contribution in [0.25, 0.3) is 10.9 Å². The Bertz CT molecular complexity index is 1020. The summed E-state index contributed by atoms with van der Waals surface area (Å²) in [5.74, 6) is 0.435. The van der Waals surface area contributed by atoms with Gasteiger partial charge in [0, 0.05) is 37.6 Å². The summed E-state index contributed by atoms with van der Waals surface area (Å²) >= 11 is 0. The first-order valence-corrected chi connectivity index (χ1v) is 10.2. The Balaban J connectivity index is 1.50. The summed E-state index contributed by atoms with van der Waals surface area (Å²) in [6, 6.07) is 11.9. The number of carbonyl (C=O) groups is 1. The third kappa shape index (κ3) is 4.03. The number of hydrogen-bond donors (Lipinski definition) is 1. The molecule has 0 aliphatic carbocycles. The number of likely N-dealkylation sites (tertiary alicyclic amines) is 1. The number of aliphatic hydroxyl groups excluding tert-OH is 1. The van der Waals surface area contributed by atoms with E-state index in [-0.39, 0.29) is 11.8 Å². The number of β-amino-alcohol motifs (C(OH)–C–C–N with tert-alkyl or cyclic N) is 1. The predicted molar refractivity (Wildman–Crippen MR) is 113 cm³/mol. The standard InChI is InChI=1S/C23H28N4O2/c1-15(2)10-18-12-21(26(3)25-18)23(29)27-13-17(22(28)14-27)11-16-8-9-24-20-7-5-4-6-19(16)20/h4-9,12,15,17,22,28H,10-11,13-14H2,1-3H3/t17-,22-/m1/s1. The molecule has 1 fully saturated rings. The molecule has 29 heavy (non-hydrogen) atoms. The van der Waals surface area contributed by atoms with Gasteiger partial charge in [0.2, 0.25) is 0 Å². The van der Waals surface area contributed by atoms with Crippen LogP contribution in [0, 0.1) is 11.8 Å². The van der Waals surface area contributed by atoms with Gasteiger partial charge < -0.3 is 10.0 Å². The average molecular weight is 393 g/mol. The van der Waals surface area contributed by atoms with Crippen molar-refractivity contribution in [2.75, 3.05) is 13.1 Å². The van der Waals surface area contributed by atoms with Gasteiger partial charge in [-0.25, -0.2) is 0 Å². The lowest BCUT2D eigenvalue weighted by Crippen LogP contribution is -2.31. The molecule has 6 nitrogen and oxygen atoms in total. The maximum absolute atomic E-state index is 13.1. The molecule has 1 amide bonds. The summed E-state index contributed by atoms with van der Waals surface area (Å²) in [7, 11) is 1.81. The molecular weight excluding hydrogens is 364 g/mol. The minimum absolute atomic E-state index is 0.00752. The third-order valence-electron chi connectivity index (χ3n) is 5.68. The van der Waals surface area contributed by atoms with Crippen LogP contribution in [0.15, 0.2) is 42.6 Å². The molecule has 0 saturated carbocycles. The highest BCUT2D eigenvalue weighted by Crippen LogP contribution is 2.26. The molecule has 1 saturated heterocycles. The van der Waals surface area contributed by atoms with E-state index in [4.69, 9.17) is 0 Å². The fraction of sp³-hybridized carbons (Fsp3) is 0.435. The Labute approximate surface area is 171 Å². The molecule has 2 aromatic heterocycles. The fourth-order valence-electron chi connectivity index (χ4n) is 4.24. The zero-order valence-electron chi connectivity index (χ0n) is 17.2. The molecule has 0 spiro atoms. The van der Waals surface area contributed by atoms with E-state index in [9.17, 15) is 9.90 Å². The van der Waals surface area contributed by atoms with E-state index in [0.717, 1.165) is 35.0 Å². The number of hydrogen-bond acceptors (Lipinski definition) is 4. The molecule has 152 valence electrons. The second kappa shape index (κ2) is 7.95. The fourth-order valence-corrected chi connectivity index (χ4v) is 4.24. The maximum Gasteiger partial charge on any atom is 0.272 e. The van der Waals surface area contributed by atoms with Gasteiger partial charge in [0.1, 0.15) is 5.69 Å². The SMILES string of the molecule is CC(C)Cc1cc(C(=O)N2C[C@@H](Cc3ccnc4ccccc34)[C@H](O)C2)n(C)n1. The Morgan fingerprint density at radius 2 is 2.03 bits per heavy atom. The van der Waals surface area contributed by atoms with Crippen molar-refractivity contribution in [2.24, 2.45) is 18.9 Å². The van der Waals surface area contributed by atoms with Crippen LogP contribution in [-0.4, -0.2) is 49.9 Å². The zero-order valence-corrected chi connectivity index (χ0v) is 17.2. The summed E-state index contributed by atoms with van der Waals surface area (Å²) in [6.07, 6.45) is 2.85. The van der Waals surface area contributed by atoms with Crippen LogP contribution in [0.5, 0.6) is 0 Å². The Hall–Kier alpha value is -2.73. The van der Waals surface area contributed by atoms with Crippen molar-refractivity contribution in [3.05, 3.63) is 59.5 Å². The van der Waals surface area contributed by atoms with Crippen LogP contribution < -0.4 is 0 Å². The van der Waals surface area contributed by atoms with Crippen molar-refractivity contribution in [3.8, 4) is 0 Å². The monoisotopic (exact) mass is 392 g/mol. The number of benzene rings is 1. The molecule has 6 heteroatoms. The molecule has 1 aliphatic rings. The number of aromatic nitrogens is 3. The van der Waals surface area contributed by atoms with Gasteiger partial charge in [-0.2, -0.15) is 5.10 Å². The van der Waals surface area contributed by atoms with Crippen molar-refractivity contribution in [2.45, 2.75) is 32.8 Å². The van der Waals surface area contributed by atoms with Gasteiger partial charge in [0.15, 0.2) is 0 Å². The smallest absolute Gasteiger partial charge is 0.272 e. The van der Waals surface area contributed by atoms with Crippen molar-refractivity contribution < 1.29 is 9.90 Å². The lowest BCUT2D eigenvalue weighted by atomic mass is 9.94. The summed E-state index contributed by atoms with van der Waals surface area (Å²) in [5, 5.41) is 16.2. The molecule has 4 rings (SSSR count). The van der Waals surface area contributed by atoms with E-state index < -0.39 is 6.10 Å². The average Bonchev–Trinajstić information content (AvgIpc) is 3.23. The molecule has 3 heterocycles. The van der Waals surface area contributed by atoms with Crippen LogP contribution in [0.3, 0.4) is 0 Å². The number of pyridine rings is 1. The van der Waals surface area contributed by atoms with E-state index in [1.807, 2.05) is 43.6 Å². The minimum Gasteiger partial charge on any atom is -0.391 e. The van der Waals surface area contributed by atoms with Gasteiger partial charge in [-0.15, -0.1) is 0 Å². The van der Waals surface area contributed by atoms with Crippen LogP contribution in [-0.2, 0) is 19.9 Å². The van der Waals surface area contributed by atoms with E-state index in [0.29, 0.717) is 24.7 Å². The van der Waals surface area contributed by atoms with Crippen LogP contribution in [0.2, 0.25) is 0 Å². The summed E-state index contributed by atoms with van der Waals surface area (Å²) in [6.45, 7) is 5.18. The minimum atomic E-state index is -0.533. The van der Waals surface area contributed by atoms with Crippen LogP contribution >= 0.6 is 0 Å². The Morgan fingerprint density at radius 1 is 1.24 bits per heavy atom. The lowest BCUT2D eigenvalue weighted by molar-refractivity contribution is 0.0754. The van der Waals surface area contributed by atoms with Gasteiger partial charge in [0.05, 0.1) is 17.3 Å². The molecule has 0 radical (unpaired) electrons. The van der Waals surface area contributed by atoms with Crippen LogP contribution in [0.1, 0.15) is 35.6 Å². The number of rotatable bonds is 5. The molecule has 0 unspecified atom stereocenters. The quantitative estimate of drug-likeness (QED) is 0.725. The first-order chi connectivity index (χ1) is 13.9. The van der Waals surface area contributed by atoms with E-state index in [1.54, 1.807) is 9.58 Å². The molecule has 2 atom stereocenters. The van der Waals surface area contributed by atoms with E-state index >= 15 is 0 Å². The van der Waals surface area contributed by atoms with Crippen LogP contribution in [0.4, 0.5) is 0 Å². The first-order valence-electron chi connectivity index (χ1n) is 10.2. The Morgan fingerprint density at radius 3 is 2.83 bits per heavy atom. The van der Waals surface area contributed by atoms with E-state index in [1.165, 1.54) is 0 Å². The molecule has 3 aromatic rings. The normalized spacial score (nSPS) is 19.4. The second-order valence-electron chi connectivity index (χ2n) is 8.47. The zero-order chi connectivity index (χ0) is 20.5. The summed E-state index contributed by atoms with van der Waals surface area (Å²) < 4.78 is 1.66. The Kier molecular flexibility index (Phi) is 5.37. The number of nitrogens with zero attached hydrogens (tertiary/aromatic N) is 4. The van der Waals surface area contributed by atoms with Crippen molar-refractivity contribution in [1.29, 1.82) is 0 Å². The summed E-state index contributed by atoms with van der Waals surface area (Å²) in [5.41, 5.74) is 3.64. The van der Waals surface area contributed by atoms with Gasteiger partial charge in [-0.05, 0) is 42.5 Å². The molecule has 1 aromatic carbocycles. The number of fused-ring (bicyclic) bond motifs is 1. The number of aryl methyl sites for hydroxylation is 1. The highest BCUT2D eigenvalue weighted by Gasteiger charge is 2.35. The lowest BCUT2D eigenvalue weighted by Gasteiger charge is -2.16. The molecule has 0 bridgehead atoms. The highest BCUT2D eigenvalue weighted by atomic mass is 16.3. The number of aliphatic hydroxyl groups is 1. The largest absolute Gasteiger partial charge is 0.391 e. The first kappa shape index (κ1) is 19.6. The summed E-state index contributed by atoms with van der Waals surface area (Å²) in [4.78, 5) is 19.2. The number of amides is 1. The van der Waals surface area contributed by atoms with E-state index in [2.05, 4.69) is 30.0 Å². The number of carbonyl (C=O) groups excluding carboxylic acids is 1. The second-order valence-corrected chi connectivity index (χ2v) is 8.47. The molecule has 1 N–H and O–H groups in total.